The average molecular weight is 236 g/mol. The lowest BCUT2D eigenvalue weighted by atomic mass is 10.1. The van der Waals surface area contributed by atoms with Gasteiger partial charge in [-0.25, -0.2) is 0 Å². The first kappa shape index (κ1) is 13.3. The molecule has 0 aliphatic heterocycles. The van der Waals surface area contributed by atoms with Gasteiger partial charge in [-0.2, -0.15) is 0 Å². The largest absolute Gasteiger partial charge is 0.409 e. The molecule has 0 spiro atoms. The van der Waals surface area contributed by atoms with E-state index in [1.54, 1.807) is 0 Å². The Morgan fingerprint density at radius 1 is 1.24 bits per heavy atom. The second kappa shape index (κ2) is 6.10. The molecule has 0 aromatic heterocycles. The molecular formula is C12H20N4O. The Morgan fingerprint density at radius 2 is 1.88 bits per heavy atom. The molecule has 3 N–H and O–H groups in total. The lowest BCUT2D eigenvalue weighted by Crippen LogP contribution is -2.30. The van der Waals surface area contributed by atoms with E-state index < -0.39 is 0 Å². The fourth-order valence-electron chi connectivity index (χ4n) is 1.55. The topological polar surface area (TPSA) is 65.1 Å². The Kier molecular flexibility index (Phi) is 4.78. The normalized spacial score (nSPS) is 11.9. The van der Waals surface area contributed by atoms with Crippen LogP contribution in [0.1, 0.15) is 5.56 Å². The molecule has 0 aliphatic carbocycles. The molecule has 0 fully saturated rings. The first-order valence-corrected chi connectivity index (χ1v) is 5.49. The highest BCUT2D eigenvalue weighted by atomic mass is 16.4. The summed E-state index contributed by atoms with van der Waals surface area (Å²) in [6.07, 6.45) is 0. The molecule has 0 radical (unpaired) electrons. The predicted molar refractivity (Wildman–Crippen MR) is 70.8 cm³/mol. The van der Waals surface area contributed by atoms with Crippen LogP contribution in [0.4, 0.5) is 5.69 Å². The summed E-state index contributed by atoms with van der Waals surface area (Å²) in [5.74, 6) is 0.136. The number of nitrogens with zero attached hydrogens (tertiary/aromatic N) is 3. The van der Waals surface area contributed by atoms with E-state index in [4.69, 9.17) is 10.9 Å². The van der Waals surface area contributed by atoms with Crippen LogP contribution >= 0.6 is 0 Å². The van der Waals surface area contributed by atoms with Crippen molar-refractivity contribution in [3.05, 3.63) is 29.8 Å². The van der Waals surface area contributed by atoms with Gasteiger partial charge in [-0.05, 0) is 26.2 Å². The zero-order valence-electron chi connectivity index (χ0n) is 10.6. The van der Waals surface area contributed by atoms with E-state index in [0.717, 1.165) is 24.3 Å². The molecule has 5 heteroatoms. The predicted octanol–water partition coefficient (Wildman–Crippen LogP) is 0.779. The third kappa shape index (κ3) is 3.64. The number of benzene rings is 1. The minimum absolute atomic E-state index is 0.136. The number of amidine groups is 1. The van der Waals surface area contributed by atoms with Crippen molar-refractivity contribution in [1.82, 2.24) is 4.90 Å². The minimum atomic E-state index is 0.136. The average Bonchev–Trinajstić information content (AvgIpc) is 2.34. The maximum absolute atomic E-state index is 8.75. The van der Waals surface area contributed by atoms with Crippen molar-refractivity contribution in [2.24, 2.45) is 10.9 Å². The quantitative estimate of drug-likeness (QED) is 0.343. The number of anilines is 1. The van der Waals surface area contributed by atoms with Crippen molar-refractivity contribution < 1.29 is 5.21 Å². The fraction of sp³-hybridized carbons (Fsp3) is 0.417. The van der Waals surface area contributed by atoms with E-state index in [-0.39, 0.29) is 5.84 Å². The number of likely N-dealkylation sites (N-methyl/N-ethyl adjacent to an activating group) is 2. The van der Waals surface area contributed by atoms with E-state index >= 15 is 0 Å². The van der Waals surface area contributed by atoms with Crippen LogP contribution in [0.2, 0.25) is 0 Å². The van der Waals surface area contributed by atoms with E-state index in [1.807, 2.05) is 45.4 Å². The van der Waals surface area contributed by atoms with Gasteiger partial charge in [0, 0.05) is 31.4 Å². The molecule has 0 saturated heterocycles. The summed E-state index contributed by atoms with van der Waals surface area (Å²) in [5, 5.41) is 11.8. The Labute approximate surface area is 102 Å². The van der Waals surface area contributed by atoms with Gasteiger partial charge in [0.1, 0.15) is 0 Å². The second-order valence-electron chi connectivity index (χ2n) is 4.23. The van der Waals surface area contributed by atoms with Crippen molar-refractivity contribution in [2.45, 2.75) is 0 Å². The minimum Gasteiger partial charge on any atom is -0.409 e. The van der Waals surface area contributed by atoms with Crippen molar-refractivity contribution in [3.63, 3.8) is 0 Å². The van der Waals surface area contributed by atoms with Gasteiger partial charge >= 0.3 is 0 Å². The lowest BCUT2D eigenvalue weighted by molar-refractivity contribution is 0.318. The van der Waals surface area contributed by atoms with Crippen LogP contribution < -0.4 is 10.6 Å². The molecule has 0 unspecified atom stereocenters. The summed E-state index contributed by atoms with van der Waals surface area (Å²) in [5.41, 5.74) is 7.36. The maximum atomic E-state index is 8.75. The molecule has 0 heterocycles. The fourth-order valence-corrected chi connectivity index (χ4v) is 1.55. The van der Waals surface area contributed by atoms with Crippen molar-refractivity contribution in [3.8, 4) is 0 Å². The van der Waals surface area contributed by atoms with E-state index in [0.29, 0.717) is 0 Å². The molecule has 1 aromatic carbocycles. The van der Waals surface area contributed by atoms with E-state index in [2.05, 4.69) is 15.0 Å². The summed E-state index contributed by atoms with van der Waals surface area (Å²) in [4.78, 5) is 4.20. The molecule has 0 atom stereocenters. The highest BCUT2D eigenvalue weighted by Crippen LogP contribution is 2.18. The van der Waals surface area contributed by atoms with E-state index in [1.165, 1.54) is 0 Å². The van der Waals surface area contributed by atoms with Crippen LogP contribution in [-0.2, 0) is 0 Å². The van der Waals surface area contributed by atoms with Gasteiger partial charge in [-0.3, -0.25) is 0 Å². The molecule has 1 aromatic rings. The third-order valence-electron chi connectivity index (χ3n) is 2.58. The molecule has 0 saturated carbocycles. The van der Waals surface area contributed by atoms with Crippen LogP contribution in [0.25, 0.3) is 0 Å². The van der Waals surface area contributed by atoms with Crippen molar-refractivity contribution >= 4 is 11.5 Å². The van der Waals surface area contributed by atoms with Gasteiger partial charge in [-0.15, -0.1) is 0 Å². The number of hydrogen-bond acceptors (Lipinski definition) is 4. The number of para-hydroxylation sites is 1. The smallest absolute Gasteiger partial charge is 0.172 e. The Bertz CT molecular complexity index is 390. The second-order valence-corrected chi connectivity index (χ2v) is 4.23. The third-order valence-corrected chi connectivity index (χ3v) is 2.58. The zero-order valence-corrected chi connectivity index (χ0v) is 10.6. The molecule has 1 rings (SSSR count). The molecule has 5 nitrogen and oxygen atoms in total. The van der Waals surface area contributed by atoms with Crippen molar-refractivity contribution in [1.29, 1.82) is 0 Å². The zero-order chi connectivity index (χ0) is 12.8. The molecule has 94 valence electrons. The molecule has 17 heavy (non-hydrogen) atoms. The summed E-state index contributed by atoms with van der Waals surface area (Å²) in [6, 6.07) is 7.62. The van der Waals surface area contributed by atoms with Gasteiger partial charge in [0.2, 0.25) is 0 Å². The molecular weight excluding hydrogens is 216 g/mol. The van der Waals surface area contributed by atoms with Gasteiger partial charge in [0.05, 0.1) is 0 Å². The van der Waals surface area contributed by atoms with Gasteiger partial charge in [-0.1, -0.05) is 17.3 Å². The number of nitrogens with two attached hydrogens (primary N) is 1. The van der Waals surface area contributed by atoms with Gasteiger partial charge < -0.3 is 20.7 Å². The standard InChI is InChI=1S/C12H20N4O/c1-15(2)8-9-16(3)11-7-5-4-6-10(11)12(13)14-17/h4-7,17H,8-9H2,1-3H3,(H2,13,14). The van der Waals surface area contributed by atoms with Crippen molar-refractivity contribution in [2.75, 3.05) is 39.1 Å². The summed E-state index contributed by atoms with van der Waals surface area (Å²) < 4.78 is 0. The SMILES string of the molecule is CN(C)CCN(C)c1ccccc1C(N)=NO. The number of rotatable bonds is 5. The van der Waals surface area contributed by atoms with Crippen LogP contribution in [0.5, 0.6) is 0 Å². The lowest BCUT2D eigenvalue weighted by Gasteiger charge is -2.23. The molecule has 0 aliphatic rings. The maximum Gasteiger partial charge on any atom is 0.172 e. The molecule has 0 bridgehead atoms. The van der Waals surface area contributed by atoms with Gasteiger partial charge in [0.25, 0.3) is 0 Å². The Balaban J connectivity index is 2.89. The Hall–Kier alpha value is -1.75. The van der Waals surface area contributed by atoms with Gasteiger partial charge in [0.15, 0.2) is 5.84 Å². The van der Waals surface area contributed by atoms with Crippen LogP contribution in [0.15, 0.2) is 29.4 Å². The highest BCUT2D eigenvalue weighted by molar-refractivity contribution is 6.02. The van der Waals surface area contributed by atoms with E-state index in [9.17, 15) is 0 Å². The Morgan fingerprint density at radius 3 is 2.47 bits per heavy atom. The number of hydrogen-bond donors (Lipinski definition) is 2. The first-order valence-electron chi connectivity index (χ1n) is 5.49. The summed E-state index contributed by atoms with van der Waals surface area (Å²) >= 11 is 0. The molecule has 0 amide bonds. The van der Waals surface area contributed by atoms with Crippen LogP contribution in [-0.4, -0.2) is 50.2 Å². The summed E-state index contributed by atoms with van der Waals surface area (Å²) in [7, 11) is 6.06. The van der Waals surface area contributed by atoms with Crippen LogP contribution in [0, 0.1) is 0 Å². The highest BCUT2D eigenvalue weighted by Gasteiger charge is 2.10. The van der Waals surface area contributed by atoms with Crippen LogP contribution in [0.3, 0.4) is 0 Å². The first-order chi connectivity index (χ1) is 8.06. The monoisotopic (exact) mass is 236 g/mol. The number of oxime groups is 1. The summed E-state index contributed by atoms with van der Waals surface area (Å²) in [6.45, 7) is 1.82.